The predicted molar refractivity (Wildman–Crippen MR) is 309 cm³/mol. The van der Waals surface area contributed by atoms with Crippen LogP contribution in [0, 0.1) is 23.3 Å². The fourth-order valence-corrected chi connectivity index (χ4v) is 12.1. The third-order valence-corrected chi connectivity index (χ3v) is 15.6. The van der Waals surface area contributed by atoms with Gasteiger partial charge in [-0.05, 0) is 164 Å². The highest BCUT2D eigenvalue weighted by molar-refractivity contribution is 5.92. The van der Waals surface area contributed by atoms with E-state index in [-0.39, 0.29) is 11.1 Å². The molecule has 0 fully saturated rings. The molecule has 0 radical (unpaired) electrons. The Morgan fingerprint density at radius 3 is 1.08 bits per heavy atom. The number of ether oxygens (including phenoxy) is 2. The minimum absolute atomic E-state index is 0.148. The van der Waals surface area contributed by atoms with Crippen molar-refractivity contribution in [3.05, 3.63) is 341 Å². The molecule has 3 nitrogen and oxygen atoms in total. The van der Waals surface area contributed by atoms with Gasteiger partial charge in [0.25, 0.3) is 0 Å². The lowest BCUT2D eigenvalue weighted by Crippen LogP contribution is -2.30. The van der Waals surface area contributed by atoms with Crippen LogP contribution in [0.1, 0.15) is 55.6 Å². The molecule has 0 saturated heterocycles. The Bertz CT molecular complexity index is 3910. The van der Waals surface area contributed by atoms with Crippen LogP contribution in [-0.4, -0.2) is 0 Å². The number of rotatable bonds is 13. The Morgan fingerprint density at radius 1 is 0.316 bits per heavy atom. The van der Waals surface area contributed by atoms with E-state index in [2.05, 4.69) is 42.3 Å². The fraction of sp³-hybridized carbons (Fsp3) is 0.0278. The van der Waals surface area contributed by atoms with Crippen molar-refractivity contribution in [3.8, 4) is 45.3 Å². The van der Waals surface area contributed by atoms with Crippen LogP contribution >= 0.6 is 0 Å². The summed E-state index contributed by atoms with van der Waals surface area (Å²) in [6.07, 6.45) is 3.53. The van der Waals surface area contributed by atoms with Gasteiger partial charge in [-0.1, -0.05) is 177 Å². The number of anilines is 3. The third-order valence-electron chi connectivity index (χ3n) is 15.6. The number of nitrogens with zero attached hydrogens (tertiary/aromatic N) is 1. The summed E-state index contributed by atoms with van der Waals surface area (Å²) in [6, 6.07) is 77.0. The summed E-state index contributed by atoms with van der Waals surface area (Å²) in [6.45, 7) is 7.72. The van der Waals surface area contributed by atoms with Crippen LogP contribution in [0.5, 0.6) is 23.0 Å². The molecule has 0 aliphatic heterocycles. The van der Waals surface area contributed by atoms with Gasteiger partial charge in [0.1, 0.15) is 23.0 Å². The molecular formula is C72H47F4NO2. The number of benzene rings is 11. The van der Waals surface area contributed by atoms with E-state index in [9.17, 15) is 0 Å². The molecule has 0 bridgehead atoms. The first-order valence-electron chi connectivity index (χ1n) is 26.0. The number of para-hydroxylation sites is 1. The number of fused-ring (bicyclic) bond motifs is 6. The first kappa shape index (κ1) is 48.6. The fourth-order valence-electron chi connectivity index (χ4n) is 12.1. The molecule has 0 saturated carbocycles. The summed E-state index contributed by atoms with van der Waals surface area (Å²) in [5, 5.41) is 0. The molecule has 2 aliphatic rings. The molecule has 11 aromatic rings. The molecule has 13 rings (SSSR count). The molecule has 2 atom stereocenters. The lowest BCUT2D eigenvalue weighted by molar-refractivity contribution is 0.480. The van der Waals surface area contributed by atoms with E-state index in [0.29, 0.717) is 45.5 Å². The minimum Gasteiger partial charge on any atom is -0.457 e. The van der Waals surface area contributed by atoms with Crippen molar-refractivity contribution >= 4 is 29.2 Å². The first-order valence-corrected chi connectivity index (χ1v) is 26.0. The average molecular weight is 1030 g/mol. The Morgan fingerprint density at radius 2 is 0.671 bits per heavy atom. The van der Waals surface area contributed by atoms with Crippen LogP contribution in [-0.2, 0) is 10.8 Å². The molecular weight excluding hydrogens is 987 g/mol. The summed E-state index contributed by atoms with van der Waals surface area (Å²) in [5.74, 6) is -1.46. The van der Waals surface area contributed by atoms with Crippen molar-refractivity contribution in [2.24, 2.45) is 0 Å². The number of halogens is 4. The van der Waals surface area contributed by atoms with Crippen LogP contribution < -0.4 is 14.4 Å². The lowest BCUT2D eigenvalue weighted by atomic mass is 9.67. The van der Waals surface area contributed by atoms with E-state index in [1.54, 1.807) is 36.4 Å². The summed E-state index contributed by atoms with van der Waals surface area (Å²) < 4.78 is 78.7. The van der Waals surface area contributed by atoms with Crippen LogP contribution in [0.25, 0.3) is 34.4 Å². The molecule has 0 amide bonds. The lowest BCUT2D eigenvalue weighted by Gasteiger charge is -2.36. The van der Waals surface area contributed by atoms with Crippen molar-refractivity contribution in [1.82, 2.24) is 0 Å². The molecule has 0 spiro atoms. The average Bonchev–Trinajstić information content (AvgIpc) is 4.19. The van der Waals surface area contributed by atoms with Crippen molar-refractivity contribution in [2.75, 3.05) is 4.90 Å². The van der Waals surface area contributed by atoms with E-state index in [1.807, 2.05) is 188 Å². The summed E-state index contributed by atoms with van der Waals surface area (Å²) >= 11 is 0. The molecule has 2 aliphatic carbocycles. The van der Waals surface area contributed by atoms with Gasteiger partial charge in [0, 0.05) is 28.2 Å². The highest BCUT2D eigenvalue weighted by Crippen LogP contribution is 2.60. The highest BCUT2D eigenvalue weighted by Gasteiger charge is 2.50. The van der Waals surface area contributed by atoms with E-state index >= 15 is 17.6 Å². The number of hydrogen-bond acceptors (Lipinski definition) is 3. The maximum absolute atomic E-state index is 17.1. The number of hydrogen-bond donors (Lipinski definition) is 0. The zero-order valence-electron chi connectivity index (χ0n) is 42.5. The molecule has 0 N–H and O–H groups in total. The standard InChI is InChI=1S/C72H47F4NO2/c1-3-46-24-34-53(35-25-46)78-55-38-28-48(29-39-55)71(63-20-12-22-67(73)69(63)75)61-18-10-8-16-57(61)59-42-32-51(44-65(59)71)77(50-14-6-5-7-15-50)52-33-43-60-58-17-9-11-19-62(58)72(66(60)45-52,64-21-13-23-68(74)70(64)76)49-30-40-56(41-31-49)79-54-36-26-47(4-2)27-37-54/h3-45H,1-2H2. The Kier molecular flexibility index (Phi) is 12.0. The van der Waals surface area contributed by atoms with Gasteiger partial charge in [-0.15, -0.1) is 0 Å². The van der Waals surface area contributed by atoms with Crippen LogP contribution in [0.3, 0.4) is 0 Å². The summed E-state index contributed by atoms with van der Waals surface area (Å²) in [7, 11) is 0. The highest BCUT2D eigenvalue weighted by atomic mass is 19.2. The van der Waals surface area contributed by atoms with Gasteiger partial charge in [-0.3, -0.25) is 0 Å². The van der Waals surface area contributed by atoms with Crippen molar-refractivity contribution in [3.63, 3.8) is 0 Å². The van der Waals surface area contributed by atoms with Gasteiger partial charge in [-0.2, -0.15) is 0 Å². The van der Waals surface area contributed by atoms with Gasteiger partial charge < -0.3 is 14.4 Å². The second kappa shape index (κ2) is 19.5. The van der Waals surface area contributed by atoms with Gasteiger partial charge in [0.15, 0.2) is 23.3 Å². The van der Waals surface area contributed by atoms with Gasteiger partial charge in [0.2, 0.25) is 0 Å². The first-order chi connectivity index (χ1) is 38.7. The maximum atomic E-state index is 17.1. The SMILES string of the molecule is C=Cc1ccc(Oc2ccc(C3(c4cccc(F)c4F)c4ccccc4-c4ccc(N(c5ccccc5)c5ccc6c(c5)C(c5ccc(Oc7ccc(C=C)cc7)cc5)(c5cccc(F)c5F)c5ccccc5-6)cc43)cc2)cc1. The van der Waals surface area contributed by atoms with Gasteiger partial charge in [0.05, 0.1) is 10.8 Å². The summed E-state index contributed by atoms with van der Waals surface area (Å²) in [4.78, 5) is 2.12. The Hall–Kier alpha value is -9.98. The van der Waals surface area contributed by atoms with Crippen molar-refractivity contribution in [1.29, 1.82) is 0 Å². The third kappa shape index (κ3) is 7.88. The maximum Gasteiger partial charge on any atom is 0.163 e. The zero-order valence-corrected chi connectivity index (χ0v) is 42.5. The van der Waals surface area contributed by atoms with E-state index in [0.717, 1.165) is 73.5 Å². The van der Waals surface area contributed by atoms with Gasteiger partial charge in [-0.25, -0.2) is 17.6 Å². The molecule has 380 valence electrons. The molecule has 11 aromatic carbocycles. The van der Waals surface area contributed by atoms with E-state index in [4.69, 9.17) is 9.47 Å². The van der Waals surface area contributed by atoms with Crippen molar-refractivity contribution < 1.29 is 27.0 Å². The van der Waals surface area contributed by atoms with Crippen LogP contribution in [0.2, 0.25) is 0 Å². The second-order valence-corrected chi connectivity index (χ2v) is 19.7. The molecule has 0 heterocycles. The predicted octanol–water partition coefficient (Wildman–Crippen LogP) is 19.3. The van der Waals surface area contributed by atoms with Crippen LogP contribution in [0.15, 0.2) is 262 Å². The molecule has 7 heteroatoms. The summed E-state index contributed by atoms with van der Waals surface area (Å²) in [5.41, 5.74) is 9.57. The van der Waals surface area contributed by atoms with Gasteiger partial charge >= 0.3 is 0 Å². The van der Waals surface area contributed by atoms with E-state index < -0.39 is 34.1 Å². The topological polar surface area (TPSA) is 21.7 Å². The minimum atomic E-state index is -1.37. The molecule has 0 aromatic heterocycles. The normalized spacial score (nSPS) is 15.5. The molecule has 79 heavy (non-hydrogen) atoms. The smallest absolute Gasteiger partial charge is 0.163 e. The molecule has 2 unspecified atom stereocenters. The Balaban J connectivity index is 1.01. The van der Waals surface area contributed by atoms with Crippen molar-refractivity contribution in [2.45, 2.75) is 10.8 Å². The largest absolute Gasteiger partial charge is 0.457 e. The Labute approximate surface area is 455 Å². The zero-order chi connectivity index (χ0) is 53.8. The second-order valence-electron chi connectivity index (χ2n) is 19.7. The monoisotopic (exact) mass is 1030 g/mol. The van der Waals surface area contributed by atoms with Crippen LogP contribution in [0.4, 0.5) is 34.6 Å². The quantitative estimate of drug-likeness (QED) is 0.107. The van der Waals surface area contributed by atoms with E-state index in [1.165, 1.54) is 0 Å².